The summed E-state index contributed by atoms with van der Waals surface area (Å²) < 4.78 is 5.04. The smallest absolute Gasteiger partial charge is 0.266 e. The van der Waals surface area contributed by atoms with E-state index in [1.165, 1.54) is 22.7 Å². The summed E-state index contributed by atoms with van der Waals surface area (Å²) in [7, 11) is 4.80. The average molecular weight is 385 g/mol. The Morgan fingerprint density at radius 3 is 2.50 bits per heavy atom. The molecule has 1 fully saturated rings. The maximum absolute atomic E-state index is 11.9. The summed E-state index contributed by atoms with van der Waals surface area (Å²) in [6.07, 6.45) is 1.28. The molecule has 6 nitrogen and oxygen atoms in total. The van der Waals surface area contributed by atoms with Gasteiger partial charge >= 0.3 is 0 Å². The molecule has 1 aromatic rings. The van der Waals surface area contributed by atoms with Crippen LogP contribution in [-0.4, -0.2) is 43.1 Å². The zero-order chi connectivity index (χ0) is 15.4. The fourth-order valence-corrected chi connectivity index (χ4v) is 2.62. The van der Waals surface area contributed by atoms with Crippen molar-refractivity contribution in [1.29, 1.82) is 0 Å². The summed E-state index contributed by atoms with van der Waals surface area (Å²) in [6, 6.07) is 6.94. The highest BCUT2D eigenvalue weighted by molar-refractivity contribution is 8.18. The number of carbonyl (C=O) groups is 2. The standard InChI is InChI=1S/C14H15N3O3S.BrH/c1-15-14-17(2)13(19)11(21-14)8-12(18)16-9-4-6-10(20-3)7-5-9;/h4-8H,1-3H3,(H,16,18);1H/p-1/b11-8-,15-14?;. The van der Waals surface area contributed by atoms with E-state index in [1.54, 1.807) is 45.5 Å². The molecular formula is C14H15BrN3O3S-. The quantitative estimate of drug-likeness (QED) is 0.658. The Morgan fingerprint density at radius 1 is 1.36 bits per heavy atom. The topological polar surface area (TPSA) is 71.0 Å². The molecule has 2 amide bonds. The van der Waals surface area contributed by atoms with Crippen LogP contribution in [0.3, 0.4) is 0 Å². The summed E-state index contributed by atoms with van der Waals surface area (Å²) >= 11 is 1.18. The number of thioether (sulfide) groups is 1. The van der Waals surface area contributed by atoms with Crippen molar-refractivity contribution in [3.05, 3.63) is 35.2 Å². The fourth-order valence-electron chi connectivity index (χ4n) is 1.72. The highest BCUT2D eigenvalue weighted by atomic mass is 79.9. The maximum Gasteiger partial charge on any atom is 0.266 e. The molecule has 1 aromatic carbocycles. The second-order valence-electron chi connectivity index (χ2n) is 4.20. The molecule has 2 rings (SSSR count). The average Bonchev–Trinajstić information content (AvgIpc) is 2.76. The van der Waals surface area contributed by atoms with Crippen LogP contribution >= 0.6 is 11.8 Å². The zero-order valence-electron chi connectivity index (χ0n) is 12.3. The molecule has 22 heavy (non-hydrogen) atoms. The molecular weight excluding hydrogens is 370 g/mol. The molecule has 1 aliphatic heterocycles. The predicted octanol–water partition coefficient (Wildman–Crippen LogP) is -1.29. The first-order chi connectivity index (χ1) is 10.0. The van der Waals surface area contributed by atoms with Gasteiger partial charge in [0.1, 0.15) is 5.75 Å². The van der Waals surface area contributed by atoms with Gasteiger partial charge in [0.25, 0.3) is 5.91 Å². The number of aliphatic imine (C=N–C) groups is 1. The number of nitrogens with one attached hydrogen (secondary N) is 1. The molecule has 0 atom stereocenters. The Labute approximate surface area is 143 Å². The number of benzene rings is 1. The Hall–Kier alpha value is -1.80. The summed E-state index contributed by atoms with van der Waals surface area (Å²) in [6.45, 7) is 0. The van der Waals surface area contributed by atoms with Gasteiger partial charge in [0, 0.05) is 25.9 Å². The fraction of sp³-hybridized carbons (Fsp3) is 0.214. The van der Waals surface area contributed by atoms with E-state index in [0.29, 0.717) is 21.5 Å². The molecule has 0 aliphatic carbocycles. The second-order valence-corrected chi connectivity index (χ2v) is 5.21. The third kappa shape index (κ3) is 4.11. The molecule has 118 valence electrons. The molecule has 1 aliphatic rings. The maximum atomic E-state index is 11.9. The molecule has 8 heteroatoms. The number of anilines is 1. The van der Waals surface area contributed by atoms with Crippen molar-refractivity contribution in [3.8, 4) is 5.75 Å². The number of nitrogens with zero attached hydrogens (tertiary/aromatic N) is 2. The minimum Gasteiger partial charge on any atom is -1.00 e. The van der Waals surface area contributed by atoms with E-state index in [2.05, 4.69) is 10.3 Å². The molecule has 1 heterocycles. The van der Waals surface area contributed by atoms with Crippen molar-refractivity contribution in [2.45, 2.75) is 0 Å². The van der Waals surface area contributed by atoms with Gasteiger partial charge in [-0.1, -0.05) is 0 Å². The number of hydrogen-bond donors (Lipinski definition) is 1. The van der Waals surface area contributed by atoms with Crippen molar-refractivity contribution >= 4 is 34.4 Å². The highest BCUT2D eigenvalue weighted by Crippen LogP contribution is 2.29. The Bertz CT molecular complexity index is 629. The largest absolute Gasteiger partial charge is 1.00 e. The number of methoxy groups -OCH3 is 1. The summed E-state index contributed by atoms with van der Waals surface area (Å²) in [5.74, 6) is 0.116. The van der Waals surface area contributed by atoms with Gasteiger partial charge < -0.3 is 27.0 Å². The first-order valence-electron chi connectivity index (χ1n) is 6.14. The SMILES string of the molecule is CN=C1S/C(=C\C(=O)Nc2ccc(OC)cc2)C(=O)N1C.[Br-]. The van der Waals surface area contributed by atoms with Crippen molar-refractivity contribution in [1.82, 2.24) is 4.90 Å². The van der Waals surface area contributed by atoms with Crippen LogP contribution in [0.2, 0.25) is 0 Å². The highest BCUT2D eigenvalue weighted by Gasteiger charge is 2.30. The molecule has 0 unspecified atom stereocenters. The van der Waals surface area contributed by atoms with Crippen LogP contribution in [0.25, 0.3) is 0 Å². The lowest BCUT2D eigenvalue weighted by molar-refractivity contribution is -0.121. The third-order valence-electron chi connectivity index (χ3n) is 2.81. The number of halogens is 1. The van der Waals surface area contributed by atoms with Gasteiger partial charge in [0.05, 0.1) is 12.0 Å². The number of amides is 2. The van der Waals surface area contributed by atoms with Gasteiger partial charge in [-0.25, -0.2) is 0 Å². The van der Waals surface area contributed by atoms with E-state index in [1.807, 2.05) is 0 Å². The van der Waals surface area contributed by atoms with E-state index >= 15 is 0 Å². The number of hydrogen-bond acceptors (Lipinski definition) is 5. The van der Waals surface area contributed by atoms with Gasteiger partial charge in [-0.3, -0.25) is 19.5 Å². The molecule has 0 radical (unpaired) electrons. The lowest BCUT2D eigenvalue weighted by atomic mass is 10.3. The Balaban J connectivity index is 0.00000242. The zero-order valence-corrected chi connectivity index (χ0v) is 14.7. The van der Waals surface area contributed by atoms with Crippen LogP contribution in [0.1, 0.15) is 0 Å². The van der Waals surface area contributed by atoms with Crippen LogP contribution in [0.4, 0.5) is 5.69 Å². The van der Waals surface area contributed by atoms with Crippen molar-refractivity contribution in [3.63, 3.8) is 0 Å². The Morgan fingerprint density at radius 2 is 2.00 bits per heavy atom. The van der Waals surface area contributed by atoms with Crippen molar-refractivity contribution in [2.24, 2.45) is 4.99 Å². The predicted molar refractivity (Wildman–Crippen MR) is 83.4 cm³/mol. The third-order valence-corrected chi connectivity index (χ3v) is 3.97. The van der Waals surface area contributed by atoms with Gasteiger partial charge in [-0.15, -0.1) is 0 Å². The number of rotatable bonds is 3. The first kappa shape index (κ1) is 18.2. The minimum absolute atomic E-state index is 0. The van der Waals surface area contributed by atoms with Crippen LogP contribution in [-0.2, 0) is 9.59 Å². The van der Waals surface area contributed by atoms with Crippen molar-refractivity contribution in [2.75, 3.05) is 26.5 Å². The summed E-state index contributed by atoms with van der Waals surface area (Å²) in [5.41, 5.74) is 0.630. The number of amidine groups is 1. The molecule has 0 saturated carbocycles. The summed E-state index contributed by atoms with van der Waals surface area (Å²) in [5, 5.41) is 3.27. The monoisotopic (exact) mass is 384 g/mol. The molecule has 1 saturated heterocycles. The number of ether oxygens (including phenoxy) is 1. The first-order valence-corrected chi connectivity index (χ1v) is 6.96. The van der Waals surface area contributed by atoms with E-state index in [4.69, 9.17) is 4.74 Å². The molecule has 0 bridgehead atoms. The number of likely N-dealkylation sites (N-methyl/N-ethyl adjacent to an activating group) is 1. The van der Waals surface area contributed by atoms with Crippen LogP contribution in [0.15, 0.2) is 40.2 Å². The van der Waals surface area contributed by atoms with Crippen LogP contribution in [0, 0.1) is 0 Å². The van der Waals surface area contributed by atoms with Gasteiger partial charge in [-0.05, 0) is 36.0 Å². The Kier molecular flexibility index (Phi) is 6.63. The van der Waals surface area contributed by atoms with E-state index in [9.17, 15) is 9.59 Å². The minimum atomic E-state index is -0.359. The normalized spacial score (nSPS) is 17.6. The molecule has 0 aromatic heterocycles. The van der Waals surface area contributed by atoms with E-state index in [0.717, 1.165) is 0 Å². The van der Waals surface area contributed by atoms with E-state index < -0.39 is 0 Å². The lowest BCUT2D eigenvalue weighted by Gasteiger charge is -2.05. The number of carbonyl (C=O) groups excluding carboxylic acids is 2. The van der Waals surface area contributed by atoms with Crippen LogP contribution < -0.4 is 27.0 Å². The lowest BCUT2D eigenvalue weighted by Crippen LogP contribution is -3.00. The van der Waals surface area contributed by atoms with Gasteiger partial charge in [0.2, 0.25) is 5.91 Å². The second kappa shape index (κ2) is 8.00. The molecule has 0 spiro atoms. The van der Waals surface area contributed by atoms with Crippen molar-refractivity contribution < 1.29 is 31.3 Å². The van der Waals surface area contributed by atoms with Crippen LogP contribution in [0.5, 0.6) is 5.75 Å². The van der Waals surface area contributed by atoms with Gasteiger partial charge in [0.15, 0.2) is 5.17 Å². The van der Waals surface area contributed by atoms with Gasteiger partial charge in [-0.2, -0.15) is 0 Å². The van der Waals surface area contributed by atoms with E-state index in [-0.39, 0.29) is 28.8 Å². The molecule has 1 N–H and O–H groups in total. The summed E-state index contributed by atoms with van der Waals surface area (Å²) in [4.78, 5) is 29.6.